The SMILES string of the molecule is Cc1noc(C)c1S(=O)(=O)Nc1ccc(Nc2ccccc2C#N)nc1. The Labute approximate surface area is 150 Å². The van der Waals surface area contributed by atoms with E-state index < -0.39 is 10.0 Å². The van der Waals surface area contributed by atoms with Gasteiger partial charge in [-0.1, -0.05) is 17.3 Å². The van der Waals surface area contributed by atoms with Gasteiger partial charge < -0.3 is 9.84 Å². The number of hydrogen-bond donors (Lipinski definition) is 2. The van der Waals surface area contributed by atoms with Crippen LogP contribution in [0, 0.1) is 25.2 Å². The topological polar surface area (TPSA) is 121 Å². The van der Waals surface area contributed by atoms with Crippen molar-refractivity contribution in [3.63, 3.8) is 0 Å². The number of nitrogens with one attached hydrogen (secondary N) is 2. The molecule has 0 saturated carbocycles. The van der Waals surface area contributed by atoms with Gasteiger partial charge in [-0.05, 0) is 38.1 Å². The molecule has 3 rings (SSSR count). The standard InChI is InChI=1S/C17H15N5O3S/c1-11-17(12(2)25-21-11)26(23,24)22-14-7-8-16(19-10-14)20-15-6-4-3-5-13(15)9-18/h3-8,10,22H,1-2H3,(H,19,20). The molecule has 0 atom stereocenters. The van der Waals surface area contributed by atoms with Gasteiger partial charge in [0, 0.05) is 0 Å². The second-order valence-electron chi connectivity index (χ2n) is 5.47. The Kier molecular flexibility index (Phi) is 4.60. The normalized spacial score (nSPS) is 11.0. The van der Waals surface area contributed by atoms with Crippen molar-refractivity contribution in [3.8, 4) is 6.07 Å². The van der Waals surface area contributed by atoms with E-state index in [0.29, 0.717) is 22.8 Å². The Bertz CT molecular complexity index is 1060. The predicted octanol–water partition coefficient (Wildman–Crippen LogP) is 3.10. The molecule has 26 heavy (non-hydrogen) atoms. The van der Waals surface area contributed by atoms with Gasteiger partial charge in [-0.15, -0.1) is 0 Å². The predicted molar refractivity (Wildman–Crippen MR) is 95.5 cm³/mol. The fourth-order valence-electron chi connectivity index (χ4n) is 2.42. The molecule has 0 fully saturated rings. The molecule has 3 aromatic rings. The number of aromatic nitrogens is 2. The van der Waals surface area contributed by atoms with Crippen LogP contribution in [-0.2, 0) is 10.0 Å². The molecule has 0 bridgehead atoms. The van der Waals surface area contributed by atoms with Gasteiger partial charge in [0.2, 0.25) is 0 Å². The van der Waals surface area contributed by atoms with Crippen molar-refractivity contribution >= 4 is 27.2 Å². The van der Waals surface area contributed by atoms with Crippen LogP contribution in [0.5, 0.6) is 0 Å². The number of pyridine rings is 1. The van der Waals surface area contributed by atoms with E-state index in [4.69, 9.17) is 9.78 Å². The van der Waals surface area contributed by atoms with E-state index in [2.05, 4.69) is 26.2 Å². The summed E-state index contributed by atoms with van der Waals surface area (Å²) in [5.74, 6) is 0.697. The molecule has 9 heteroatoms. The smallest absolute Gasteiger partial charge is 0.267 e. The first-order valence-corrected chi connectivity index (χ1v) is 9.07. The molecule has 0 aliphatic rings. The zero-order valence-corrected chi connectivity index (χ0v) is 14.8. The van der Waals surface area contributed by atoms with Crippen LogP contribution in [0.25, 0.3) is 0 Å². The van der Waals surface area contributed by atoms with Crippen molar-refractivity contribution in [2.24, 2.45) is 0 Å². The second kappa shape index (κ2) is 6.85. The maximum Gasteiger partial charge on any atom is 0.267 e. The number of hydrogen-bond acceptors (Lipinski definition) is 7. The average Bonchev–Trinajstić information content (AvgIpc) is 2.96. The number of sulfonamides is 1. The van der Waals surface area contributed by atoms with E-state index in [9.17, 15) is 8.42 Å². The highest BCUT2D eigenvalue weighted by Gasteiger charge is 2.24. The number of benzene rings is 1. The van der Waals surface area contributed by atoms with Crippen LogP contribution in [0.15, 0.2) is 52.0 Å². The lowest BCUT2D eigenvalue weighted by molar-refractivity contribution is 0.390. The van der Waals surface area contributed by atoms with Crippen molar-refractivity contribution in [3.05, 3.63) is 59.6 Å². The van der Waals surface area contributed by atoms with Crippen LogP contribution in [0.3, 0.4) is 0 Å². The molecule has 0 aliphatic heterocycles. The number of nitrogens with zero attached hydrogens (tertiary/aromatic N) is 3. The van der Waals surface area contributed by atoms with Gasteiger partial charge in [0.1, 0.15) is 17.6 Å². The quantitative estimate of drug-likeness (QED) is 0.708. The fourth-order valence-corrected chi connectivity index (χ4v) is 3.80. The Morgan fingerprint density at radius 1 is 1.15 bits per heavy atom. The summed E-state index contributed by atoms with van der Waals surface area (Å²) >= 11 is 0. The van der Waals surface area contributed by atoms with E-state index >= 15 is 0 Å². The third-order valence-corrected chi connectivity index (χ3v) is 5.19. The molecule has 2 aromatic heterocycles. The lowest BCUT2D eigenvalue weighted by Gasteiger charge is -2.10. The van der Waals surface area contributed by atoms with E-state index in [1.807, 2.05) is 0 Å². The summed E-state index contributed by atoms with van der Waals surface area (Å²) < 4.78 is 32.3. The van der Waals surface area contributed by atoms with Gasteiger partial charge in [0.15, 0.2) is 10.7 Å². The van der Waals surface area contributed by atoms with Crippen molar-refractivity contribution < 1.29 is 12.9 Å². The Hall–Kier alpha value is -3.38. The molecule has 0 saturated heterocycles. The largest absolute Gasteiger partial charge is 0.360 e. The average molecular weight is 369 g/mol. The molecular formula is C17H15N5O3S. The number of nitriles is 1. The van der Waals surface area contributed by atoms with Gasteiger partial charge in [-0.25, -0.2) is 13.4 Å². The highest BCUT2D eigenvalue weighted by Crippen LogP contribution is 2.23. The lowest BCUT2D eigenvalue weighted by atomic mass is 10.2. The molecule has 0 spiro atoms. The summed E-state index contributed by atoms with van der Waals surface area (Å²) in [6.45, 7) is 3.09. The van der Waals surface area contributed by atoms with Crippen LogP contribution in [0.2, 0.25) is 0 Å². The van der Waals surface area contributed by atoms with Crippen molar-refractivity contribution in [2.75, 3.05) is 10.0 Å². The van der Waals surface area contributed by atoms with Gasteiger partial charge in [0.05, 0.1) is 23.1 Å². The highest BCUT2D eigenvalue weighted by molar-refractivity contribution is 7.92. The summed E-state index contributed by atoms with van der Waals surface area (Å²) in [6, 6.07) is 12.3. The Morgan fingerprint density at radius 3 is 2.54 bits per heavy atom. The number of rotatable bonds is 5. The summed E-state index contributed by atoms with van der Waals surface area (Å²) in [5.41, 5.74) is 1.68. The molecule has 0 aliphatic carbocycles. The molecule has 0 amide bonds. The minimum Gasteiger partial charge on any atom is -0.360 e. The van der Waals surface area contributed by atoms with Gasteiger partial charge in [-0.3, -0.25) is 4.72 Å². The van der Waals surface area contributed by atoms with Gasteiger partial charge >= 0.3 is 0 Å². The van der Waals surface area contributed by atoms with Crippen molar-refractivity contribution in [1.82, 2.24) is 10.1 Å². The number of para-hydroxylation sites is 1. The van der Waals surface area contributed by atoms with Crippen LogP contribution in [0.4, 0.5) is 17.2 Å². The summed E-state index contributed by atoms with van der Waals surface area (Å²) in [5, 5.41) is 15.8. The van der Waals surface area contributed by atoms with E-state index in [1.165, 1.54) is 13.1 Å². The molecular weight excluding hydrogens is 354 g/mol. The zero-order valence-electron chi connectivity index (χ0n) is 14.0. The molecule has 2 N–H and O–H groups in total. The first-order chi connectivity index (χ1) is 12.4. The fraction of sp³-hybridized carbons (Fsp3) is 0.118. The van der Waals surface area contributed by atoms with Gasteiger partial charge in [-0.2, -0.15) is 5.26 Å². The lowest BCUT2D eigenvalue weighted by Crippen LogP contribution is -2.14. The first-order valence-electron chi connectivity index (χ1n) is 7.58. The van der Waals surface area contributed by atoms with Crippen LogP contribution in [0.1, 0.15) is 17.0 Å². The van der Waals surface area contributed by atoms with E-state index in [0.717, 1.165) is 0 Å². The van der Waals surface area contributed by atoms with E-state index in [1.54, 1.807) is 43.3 Å². The third-order valence-electron chi connectivity index (χ3n) is 3.56. The molecule has 8 nitrogen and oxygen atoms in total. The first kappa shape index (κ1) is 17.4. The summed E-state index contributed by atoms with van der Waals surface area (Å²) in [6.07, 6.45) is 1.38. The molecule has 2 heterocycles. The molecule has 1 aromatic carbocycles. The van der Waals surface area contributed by atoms with E-state index in [-0.39, 0.29) is 16.3 Å². The number of anilines is 3. The molecule has 132 valence electrons. The maximum absolute atomic E-state index is 12.5. The minimum absolute atomic E-state index is 0.0163. The summed E-state index contributed by atoms with van der Waals surface area (Å²) in [7, 11) is -3.82. The monoisotopic (exact) mass is 369 g/mol. The van der Waals surface area contributed by atoms with Crippen molar-refractivity contribution in [1.29, 1.82) is 5.26 Å². The number of aryl methyl sites for hydroxylation is 2. The maximum atomic E-state index is 12.5. The van der Waals surface area contributed by atoms with Crippen LogP contribution < -0.4 is 10.0 Å². The minimum atomic E-state index is -3.82. The molecule has 0 unspecified atom stereocenters. The van der Waals surface area contributed by atoms with Gasteiger partial charge in [0.25, 0.3) is 10.0 Å². The third kappa shape index (κ3) is 3.50. The zero-order chi connectivity index (χ0) is 18.7. The van der Waals surface area contributed by atoms with Crippen LogP contribution >= 0.6 is 0 Å². The second-order valence-corrected chi connectivity index (χ2v) is 7.09. The van der Waals surface area contributed by atoms with Crippen LogP contribution in [-0.4, -0.2) is 18.6 Å². The highest BCUT2D eigenvalue weighted by atomic mass is 32.2. The molecule has 0 radical (unpaired) electrons. The Balaban J connectivity index is 1.79. The summed E-state index contributed by atoms with van der Waals surface area (Å²) in [4.78, 5) is 4.19. The van der Waals surface area contributed by atoms with Crippen molar-refractivity contribution in [2.45, 2.75) is 18.7 Å². The Morgan fingerprint density at radius 2 is 1.92 bits per heavy atom.